The van der Waals surface area contributed by atoms with Crippen molar-refractivity contribution in [2.24, 2.45) is 0 Å². The smallest absolute Gasteiger partial charge is 0.185 e. The SMILES string of the molecule is CCCN1CCCN(c2nccs2)CC1. The normalized spacial score (nSPS) is 19.1. The molecule has 2 heterocycles. The maximum absolute atomic E-state index is 4.38. The van der Waals surface area contributed by atoms with E-state index < -0.39 is 0 Å². The standard InChI is InChI=1S/C11H19N3S/c1-2-5-13-6-3-7-14(9-8-13)11-12-4-10-15-11/h4,10H,2-3,5-9H2,1H3. The fourth-order valence-corrected chi connectivity index (χ4v) is 2.77. The molecule has 0 aliphatic carbocycles. The van der Waals surface area contributed by atoms with E-state index >= 15 is 0 Å². The maximum Gasteiger partial charge on any atom is 0.185 e. The van der Waals surface area contributed by atoms with Crippen LogP contribution in [0.4, 0.5) is 5.13 Å². The van der Waals surface area contributed by atoms with Crippen LogP contribution in [-0.4, -0.2) is 42.6 Å². The Labute approximate surface area is 95.7 Å². The first kappa shape index (κ1) is 10.9. The number of anilines is 1. The van der Waals surface area contributed by atoms with Crippen molar-refractivity contribution in [1.29, 1.82) is 0 Å². The van der Waals surface area contributed by atoms with E-state index in [4.69, 9.17) is 0 Å². The van der Waals surface area contributed by atoms with Gasteiger partial charge < -0.3 is 9.80 Å². The third kappa shape index (κ3) is 2.92. The van der Waals surface area contributed by atoms with Gasteiger partial charge >= 0.3 is 0 Å². The van der Waals surface area contributed by atoms with Gasteiger partial charge in [-0.15, -0.1) is 11.3 Å². The molecule has 1 aliphatic heterocycles. The van der Waals surface area contributed by atoms with Gasteiger partial charge in [-0.2, -0.15) is 0 Å². The fraction of sp³-hybridized carbons (Fsp3) is 0.727. The lowest BCUT2D eigenvalue weighted by Crippen LogP contribution is -2.31. The molecule has 1 aromatic heterocycles. The molecular weight excluding hydrogens is 206 g/mol. The summed E-state index contributed by atoms with van der Waals surface area (Å²) in [7, 11) is 0. The third-order valence-electron chi connectivity index (χ3n) is 2.82. The van der Waals surface area contributed by atoms with E-state index in [1.54, 1.807) is 11.3 Å². The minimum atomic E-state index is 1.13. The monoisotopic (exact) mass is 225 g/mol. The number of hydrogen-bond donors (Lipinski definition) is 0. The number of thiazole rings is 1. The zero-order valence-electron chi connectivity index (χ0n) is 9.35. The van der Waals surface area contributed by atoms with Gasteiger partial charge in [0.05, 0.1) is 0 Å². The highest BCUT2D eigenvalue weighted by Gasteiger charge is 2.15. The molecule has 15 heavy (non-hydrogen) atoms. The van der Waals surface area contributed by atoms with Crippen LogP contribution in [-0.2, 0) is 0 Å². The largest absolute Gasteiger partial charge is 0.347 e. The highest BCUT2D eigenvalue weighted by atomic mass is 32.1. The molecule has 4 heteroatoms. The minimum absolute atomic E-state index is 1.13. The molecule has 0 amide bonds. The molecule has 1 aliphatic rings. The van der Waals surface area contributed by atoms with Crippen molar-refractivity contribution in [3.63, 3.8) is 0 Å². The molecule has 0 radical (unpaired) electrons. The van der Waals surface area contributed by atoms with E-state index in [-0.39, 0.29) is 0 Å². The Balaban J connectivity index is 1.90. The number of aromatic nitrogens is 1. The molecule has 1 saturated heterocycles. The molecule has 0 atom stereocenters. The summed E-state index contributed by atoms with van der Waals surface area (Å²) < 4.78 is 0. The zero-order chi connectivity index (χ0) is 10.5. The second kappa shape index (κ2) is 5.47. The summed E-state index contributed by atoms with van der Waals surface area (Å²) in [6, 6.07) is 0. The van der Waals surface area contributed by atoms with E-state index in [0.29, 0.717) is 0 Å². The first-order valence-electron chi connectivity index (χ1n) is 5.77. The van der Waals surface area contributed by atoms with Crippen molar-refractivity contribution < 1.29 is 0 Å². The van der Waals surface area contributed by atoms with Gasteiger partial charge in [0, 0.05) is 31.2 Å². The topological polar surface area (TPSA) is 19.4 Å². The summed E-state index contributed by atoms with van der Waals surface area (Å²) in [4.78, 5) is 9.36. The Hall–Kier alpha value is -0.610. The van der Waals surface area contributed by atoms with Gasteiger partial charge in [-0.05, 0) is 25.9 Å². The lowest BCUT2D eigenvalue weighted by Gasteiger charge is -2.20. The van der Waals surface area contributed by atoms with Gasteiger partial charge in [0.2, 0.25) is 0 Å². The third-order valence-corrected chi connectivity index (χ3v) is 3.65. The van der Waals surface area contributed by atoms with Crippen molar-refractivity contribution in [2.75, 3.05) is 37.6 Å². The second-order valence-electron chi connectivity index (χ2n) is 4.00. The highest BCUT2D eigenvalue weighted by Crippen LogP contribution is 2.18. The fourth-order valence-electron chi connectivity index (χ4n) is 2.07. The average Bonchev–Trinajstić information content (AvgIpc) is 2.67. The molecule has 0 N–H and O–H groups in total. The van der Waals surface area contributed by atoms with Gasteiger partial charge in [-0.25, -0.2) is 4.98 Å². The second-order valence-corrected chi connectivity index (χ2v) is 4.87. The van der Waals surface area contributed by atoms with Crippen LogP contribution in [0, 0.1) is 0 Å². The lowest BCUT2D eigenvalue weighted by molar-refractivity contribution is 0.294. The van der Waals surface area contributed by atoms with Gasteiger partial charge in [0.25, 0.3) is 0 Å². The molecule has 2 rings (SSSR count). The Bertz CT molecular complexity index is 273. The van der Waals surface area contributed by atoms with Crippen LogP contribution in [0.3, 0.4) is 0 Å². The predicted octanol–water partition coefficient (Wildman–Crippen LogP) is 2.07. The summed E-state index contributed by atoms with van der Waals surface area (Å²) in [5.41, 5.74) is 0. The van der Waals surface area contributed by atoms with Crippen molar-refractivity contribution in [3.05, 3.63) is 11.6 Å². The Kier molecular flexibility index (Phi) is 3.97. The summed E-state index contributed by atoms with van der Waals surface area (Å²) >= 11 is 1.75. The summed E-state index contributed by atoms with van der Waals surface area (Å²) in [6.07, 6.45) is 4.42. The number of rotatable bonds is 3. The lowest BCUT2D eigenvalue weighted by atomic mass is 10.3. The molecular formula is C11H19N3S. The molecule has 1 aromatic rings. The van der Waals surface area contributed by atoms with Gasteiger partial charge in [0.1, 0.15) is 0 Å². The van der Waals surface area contributed by atoms with E-state index in [9.17, 15) is 0 Å². The van der Waals surface area contributed by atoms with Crippen LogP contribution in [0.1, 0.15) is 19.8 Å². The van der Waals surface area contributed by atoms with Crippen LogP contribution in [0.25, 0.3) is 0 Å². The van der Waals surface area contributed by atoms with Crippen molar-refractivity contribution in [1.82, 2.24) is 9.88 Å². The summed E-state index contributed by atoms with van der Waals surface area (Å²) in [5, 5.41) is 3.25. The Morgan fingerprint density at radius 3 is 3.00 bits per heavy atom. The van der Waals surface area contributed by atoms with E-state index in [2.05, 4.69) is 27.1 Å². The first-order valence-corrected chi connectivity index (χ1v) is 6.65. The number of hydrogen-bond acceptors (Lipinski definition) is 4. The van der Waals surface area contributed by atoms with Crippen molar-refractivity contribution >= 4 is 16.5 Å². The quantitative estimate of drug-likeness (QED) is 0.785. The van der Waals surface area contributed by atoms with Crippen LogP contribution in [0.2, 0.25) is 0 Å². The van der Waals surface area contributed by atoms with Crippen molar-refractivity contribution in [3.8, 4) is 0 Å². The molecule has 0 saturated carbocycles. The molecule has 3 nitrogen and oxygen atoms in total. The van der Waals surface area contributed by atoms with Gasteiger partial charge in [0.15, 0.2) is 5.13 Å². The predicted molar refractivity (Wildman–Crippen MR) is 65.7 cm³/mol. The van der Waals surface area contributed by atoms with Crippen LogP contribution >= 0.6 is 11.3 Å². The summed E-state index contributed by atoms with van der Waals surface area (Å²) in [6.45, 7) is 8.22. The maximum atomic E-state index is 4.38. The molecule has 1 fully saturated rings. The van der Waals surface area contributed by atoms with Gasteiger partial charge in [-0.1, -0.05) is 6.92 Å². The Morgan fingerprint density at radius 1 is 1.33 bits per heavy atom. The molecule has 84 valence electrons. The van der Waals surface area contributed by atoms with Crippen LogP contribution in [0.5, 0.6) is 0 Å². The molecule has 0 unspecified atom stereocenters. The Morgan fingerprint density at radius 2 is 2.27 bits per heavy atom. The zero-order valence-corrected chi connectivity index (χ0v) is 10.2. The van der Waals surface area contributed by atoms with Crippen LogP contribution < -0.4 is 4.90 Å². The molecule has 0 aromatic carbocycles. The molecule has 0 spiro atoms. The highest BCUT2D eigenvalue weighted by molar-refractivity contribution is 7.13. The van der Waals surface area contributed by atoms with Crippen molar-refractivity contribution in [2.45, 2.75) is 19.8 Å². The van der Waals surface area contributed by atoms with E-state index in [1.165, 1.54) is 37.6 Å². The minimum Gasteiger partial charge on any atom is -0.347 e. The van der Waals surface area contributed by atoms with E-state index in [0.717, 1.165) is 13.1 Å². The molecule has 0 bridgehead atoms. The van der Waals surface area contributed by atoms with Crippen LogP contribution in [0.15, 0.2) is 11.6 Å². The average molecular weight is 225 g/mol. The first-order chi connectivity index (χ1) is 7.40. The summed E-state index contributed by atoms with van der Waals surface area (Å²) in [5.74, 6) is 0. The van der Waals surface area contributed by atoms with Gasteiger partial charge in [-0.3, -0.25) is 0 Å². The number of nitrogens with zero attached hydrogens (tertiary/aromatic N) is 3. The van der Waals surface area contributed by atoms with E-state index in [1.807, 2.05) is 6.20 Å².